The van der Waals surface area contributed by atoms with Crippen molar-refractivity contribution in [1.82, 2.24) is 0 Å². The van der Waals surface area contributed by atoms with Gasteiger partial charge in [0.05, 0.1) is 4.70 Å². The molecule has 42 heavy (non-hydrogen) atoms. The molecule has 0 radical (unpaired) electrons. The van der Waals surface area contributed by atoms with Gasteiger partial charge in [-0.1, -0.05) is 109 Å². The van der Waals surface area contributed by atoms with Crippen molar-refractivity contribution in [3.05, 3.63) is 133 Å². The van der Waals surface area contributed by atoms with Crippen LogP contribution in [0.5, 0.6) is 0 Å². The van der Waals surface area contributed by atoms with Crippen molar-refractivity contribution in [3.8, 4) is 22.3 Å². The van der Waals surface area contributed by atoms with Crippen LogP contribution >= 0.6 is 11.3 Å². The summed E-state index contributed by atoms with van der Waals surface area (Å²) in [6, 6.07) is 48.8. The van der Waals surface area contributed by atoms with Crippen molar-refractivity contribution < 1.29 is 4.42 Å². The van der Waals surface area contributed by atoms with Crippen LogP contribution in [0.15, 0.2) is 138 Å². The molecule has 10 aromatic rings. The molecule has 0 aliphatic heterocycles. The number of thiophene rings is 1. The molecule has 0 N–H and O–H groups in total. The molecule has 10 rings (SSSR count). The predicted octanol–water partition coefficient (Wildman–Crippen LogP) is 12.2. The fourth-order valence-corrected chi connectivity index (χ4v) is 8.27. The lowest BCUT2D eigenvalue weighted by atomic mass is 9.87. The Bertz CT molecular complexity index is 2670. The van der Waals surface area contributed by atoms with Gasteiger partial charge < -0.3 is 4.42 Å². The molecule has 2 heteroatoms. The average molecular weight is 551 g/mol. The van der Waals surface area contributed by atoms with E-state index in [4.69, 9.17) is 4.42 Å². The Kier molecular flexibility index (Phi) is 4.39. The van der Waals surface area contributed by atoms with Crippen molar-refractivity contribution in [3.63, 3.8) is 0 Å². The number of hydrogen-bond donors (Lipinski definition) is 0. The molecule has 0 aliphatic carbocycles. The second-order valence-electron chi connectivity index (χ2n) is 11.2. The average Bonchev–Trinajstić information content (AvgIpc) is 3.62. The highest BCUT2D eigenvalue weighted by atomic mass is 32.1. The van der Waals surface area contributed by atoms with Gasteiger partial charge in [0.15, 0.2) is 5.58 Å². The standard InChI is InChI=1S/C40H22OS/c1-2-6-23(7-3-1)27-15-10-24-13-18-31-28(16-11-25-12-17-30(27)37(24)38(25)31)26-14-21-36-34(22-26)33-20-19-32-29-8-4-5-9-35(29)41-39(32)40(33)42-36/h1-22H. The SMILES string of the molecule is c1ccc(-c2ccc3ccc4c(-c5ccc6sc7c(ccc8c9ccccc9oc87)c6c5)ccc5ccc2c3c54)cc1. The predicted molar refractivity (Wildman–Crippen MR) is 181 cm³/mol. The van der Waals surface area contributed by atoms with Crippen LogP contribution in [-0.2, 0) is 0 Å². The van der Waals surface area contributed by atoms with Gasteiger partial charge in [-0.3, -0.25) is 0 Å². The fourth-order valence-electron chi connectivity index (χ4n) is 7.11. The maximum atomic E-state index is 6.39. The highest BCUT2D eigenvalue weighted by molar-refractivity contribution is 7.26. The minimum absolute atomic E-state index is 0.946. The van der Waals surface area contributed by atoms with E-state index in [1.807, 2.05) is 17.4 Å². The Labute approximate surface area is 245 Å². The van der Waals surface area contributed by atoms with Crippen molar-refractivity contribution >= 4 is 85.8 Å². The van der Waals surface area contributed by atoms with Crippen molar-refractivity contribution in [1.29, 1.82) is 0 Å². The first kappa shape index (κ1) is 22.5. The van der Waals surface area contributed by atoms with Crippen LogP contribution in [0, 0.1) is 0 Å². The third kappa shape index (κ3) is 2.97. The molecule has 1 nitrogen and oxygen atoms in total. The smallest absolute Gasteiger partial charge is 0.153 e. The van der Waals surface area contributed by atoms with Gasteiger partial charge in [0, 0.05) is 26.2 Å². The first-order chi connectivity index (χ1) is 20.8. The van der Waals surface area contributed by atoms with Crippen LogP contribution in [-0.4, -0.2) is 0 Å². The number of furan rings is 1. The lowest BCUT2D eigenvalue weighted by Crippen LogP contribution is -1.89. The minimum atomic E-state index is 0.946. The van der Waals surface area contributed by atoms with E-state index in [0.717, 1.165) is 11.2 Å². The van der Waals surface area contributed by atoms with Crippen molar-refractivity contribution in [2.24, 2.45) is 0 Å². The lowest BCUT2D eigenvalue weighted by molar-refractivity contribution is 0.673. The summed E-state index contributed by atoms with van der Waals surface area (Å²) in [4.78, 5) is 0. The first-order valence-electron chi connectivity index (χ1n) is 14.3. The summed E-state index contributed by atoms with van der Waals surface area (Å²) in [6.45, 7) is 0. The molecule has 0 bridgehead atoms. The molecule has 0 aliphatic rings. The molecule has 2 heterocycles. The molecule has 0 saturated heterocycles. The van der Waals surface area contributed by atoms with Crippen molar-refractivity contribution in [2.75, 3.05) is 0 Å². The zero-order valence-corrected chi connectivity index (χ0v) is 23.3. The van der Waals surface area contributed by atoms with Gasteiger partial charge in [-0.25, -0.2) is 0 Å². The number of fused-ring (bicyclic) bond motifs is 7. The Hall–Kier alpha value is -5.18. The zero-order chi connectivity index (χ0) is 27.4. The molecular formula is C40H22OS. The van der Waals surface area contributed by atoms with Gasteiger partial charge >= 0.3 is 0 Å². The van der Waals surface area contributed by atoms with Crippen LogP contribution < -0.4 is 0 Å². The summed E-state index contributed by atoms with van der Waals surface area (Å²) in [6.07, 6.45) is 0. The first-order valence-corrected chi connectivity index (χ1v) is 15.2. The van der Waals surface area contributed by atoms with E-state index >= 15 is 0 Å². The third-order valence-electron chi connectivity index (χ3n) is 9.04. The summed E-state index contributed by atoms with van der Waals surface area (Å²) < 4.78 is 8.89. The van der Waals surface area contributed by atoms with Gasteiger partial charge in [-0.2, -0.15) is 0 Å². The fraction of sp³-hybridized carbons (Fsp3) is 0. The molecule has 0 amide bonds. The summed E-state index contributed by atoms with van der Waals surface area (Å²) in [5, 5.41) is 12.8. The van der Waals surface area contributed by atoms with Crippen molar-refractivity contribution in [2.45, 2.75) is 0 Å². The minimum Gasteiger partial charge on any atom is -0.455 e. The van der Waals surface area contributed by atoms with Crippen LogP contribution in [0.3, 0.4) is 0 Å². The van der Waals surface area contributed by atoms with E-state index < -0.39 is 0 Å². The summed E-state index contributed by atoms with van der Waals surface area (Å²) in [5.41, 5.74) is 6.99. The number of rotatable bonds is 2. The molecule has 2 aromatic heterocycles. The second kappa shape index (κ2) is 8.19. The highest BCUT2D eigenvalue weighted by Crippen LogP contribution is 2.45. The Balaban J connectivity index is 1.23. The van der Waals surface area contributed by atoms with Gasteiger partial charge in [0.25, 0.3) is 0 Å². The van der Waals surface area contributed by atoms with Crippen LogP contribution in [0.2, 0.25) is 0 Å². The summed E-state index contributed by atoms with van der Waals surface area (Å²) in [7, 11) is 0. The summed E-state index contributed by atoms with van der Waals surface area (Å²) in [5.74, 6) is 0. The van der Waals surface area contributed by atoms with E-state index in [2.05, 4.69) is 127 Å². The third-order valence-corrected chi connectivity index (χ3v) is 10.2. The highest BCUT2D eigenvalue weighted by Gasteiger charge is 2.17. The number of para-hydroxylation sites is 1. The number of benzene rings is 8. The molecule has 0 unspecified atom stereocenters. The van der Waals surface area contributed by atoms with E-state index in [0.29, 0.717) is 0 Å². The van der Waals surface area contributed by atoms with Crippen LogP contribution in [0.4, 0.5) is 0 Å². The topological polar surface area (TPSA) is 13.1 Å². The maximum absolute atomic E-state index is 6.39. The van der Waals surface area contributed by atoms with Gasteiger partial charge in [0.2, 0.25) is 0 Å². The molecule has 0 atom stereocenters. The molecular weight excluding hydrogens is 529 g/mol. The van der Waals surface area contributed by atoms with Crippen LogP contribution in [0.1, 0.15) is 0 Å². The second-order valence-corrected chi connectivity index (χ2v) is 12.3. The zero-order valence-electron chi connectivity index (χ0n) is 22.5. The summed E-state index contributed by atoms with van der Waals surface area (Å²) >= 11 is 1.83. The van der Waals surface area contributed by atoms with E-state index in [1.54, 1.807) is 0 Å². The van der Waals surface area contributed by atoms with E-state index in [9.17, 15) is 0 Å². The van der Waals surface area contributed by atoms with E-state index in [-0.39, 0.29) is 0 Å². The Morgan fingerprint density at radius 1 is 0.429 bits per heavy atom. The molecule has 8 aromatic carbocycles. The molecule has 194 valence electrons. The lowest BCUT2D eigenvalue weighted by Gasteiger charge is -2.16. The van der Waals surface area contributed by atoms with Gasteiger partial charge in [0.1, 0.15) is 5.58 Å². The monoisotopic (exact) mass is 550 g/mol. The maximum Gasteiger partial charge on any atom is 0.153 e. The largest absolute Gasteiger partial charge is 0.455 e. The molecule has 0 saturated carbocycles. The Morgan fingerprint density at radius 2 is 1.07 bits per heavy atom. The normalized spacial score (nSPS) is 12.3. The molecule has 0 fully saturated rings. The van der Waals surface area contributed by atoms with E-state index in [1.165, 1.54) is 85.5 Å². The number of hydrogen-bond acceptors (Lipinski definition) is 2. The quantitative estimate of drug-likeness (QED) is 0.195. The van der Waals surface area contributed by atoms with Crippen LogP contribution in [0.25, 0.3) is 96.7 Å². The molecule has 0 spiro atoms. The van der Waals surface area contributed by atoms with Gasteiger partial charge in [-0.15, -0.1) is 11.3 Å². The Morgan fingerprint density at radius 3 is 1.86 bits per heavy atom. The van der Waals surface area contributed by atoms with Gasteiger partial charge in [-0.05, 0) is 78.8 Å².